The highest BCUT2D eigenvalue weighted by molar-refractivity contribution is 6.35. The van der Waals surface area contributed by atoms with Crippen LogP contribution in [0.1, 0.15) is 20.3 Å². The van der Waals surface area contributed by atoms with Crippen molar-refractivity contribution < 1.29 is 23.2 Å². The Labute approximate surface area is 148 Å². The summed E-state index contributed by atoms with van der Waals surface area (Å²) in [7, 11) is 0. The fourth-order valence-electron chi connectivity index (χ4n) is 2.48. The first-order valence-corrected chi connectivity index (χ1v) is 8.12. The Morgan fingerprint density at radius 1 is 1.28 bits per heavy atom. The number of rotatable bonds is 3. The van der Waals surface area contributed by atoms with E-state index in [0.717, 1.165) is 12.1 Å². The predicted octanol–water partition coefficient (Wildman–Crippen LogP) is 1.93. The highest BCUT2D eigenvalue weighted by Gasteiger charge is 2.34. The van der Waals surface area contributed by atoms with E-state index in [4.69, 9.17) is 11.6 Å². The number of carbonyl (C=O) groups is 3. The van der Waals surface area contributed by atoms with Crippen molar-refractivity contribution in [1.82, 2.24) is 10.2 Å². The van der Waals surface area contributed by atoms with E-state index in [9.17, 15) is 23.2 Å². The molecule has 1 fully saturated rings. The molecule has 25 heavy (non-hydrogen) atoms. The first kappa shape index (κ1) is 19.1. The molecule has 0 aliphatic carbocycles. The molecule has 136 valence electrons. The lowest BCUT2D eigenvalue weighted by atomic mass is 10.1. The van der Waals surface area contributed by atoms with E-state index in [1.54, 1.807) is 13.8 Å². The van der Waals surface area contributed by atoms with E-state index in [2.05, 4.69) is 10.6 Å². The first-order chi connectivity index (χ1) is 11.7. The Bertz CT molecular complexity index is 712. The summed E-state index contributed by atoms with van der Waals surface area (Å²) in [5.41, 5.74) is -0.237. The third-order valence-corrected chi connectivity index (χ3v) is 4.10. The largest absolute Gasteiger partial charge is 0.346 e. The second-order valence-corrected chi connectivity index (χ2v) is 6.46. The number of halogens is 3. The summed E-state index contributed by atoms with van der Waals surface area (Å²) in [5, 5.41) is 4.13. The molecule has 2 N–H and O–H groups in total. The molecule has 1 saturated heterocycles. The number of hydrogen-bond donors (Lipinski definition) is 2. The molecule has 2 rings (SSSR count). The maximum absolute atomic E-state index is 13.8. The van der Waals surface area contributed by atoms with Crippen LogP contribution in [0.2, 0.25) is 5.02 Å². The van der Waals surface area contributed by atoms with Crippen molar-refractivity contribution in [3.8, 4) is 0 Å². The van der Waals surface area contributed by atoms with Crippen molar-refractivity contribution in [2.45, 2.75) is 26.3 Å². The summed E-state index contributed by atoms with van der Waals surface area (Å²) in [6.45, 7) is 3.75. The van der Waals surface area contributed by atoms with Crippen LogP contribution in [0.25, 0.3) is 0 Å². The van der Waals surface area contributed by atoms with Crippen LogP contribution in [0, 0.1) is 17.6 Å². The number of benzene rings is 1. The number of amides is 3. The van der Waals surface area contributed by atoms with Crippen molar-refractivity contribution in [2.75, 3.05) is 18.4 Å². The lowest BCUT2D eigenvalue weighted by Crippen LogP contribution is -2.44. The minimum Gasteiger partial charge on any atom is -0.346 e. The molecule has 0 bridgehead atoms. The van der Waals surface area contributed by atoms with Gasteiger partial charge in [0.05, 0.1) is 11.6 Å². The van der Waals surface area contributed by atoms with Crippen LogP contribution in [0.5, 0.6) is 0 Å². The number of nitrogens with zero attached hydrogens (tertiary/aromatic N) is 1. The molecular weight excluding hydrogens is 356 g/mol. The SMILES string of the molecule is CC(C)NC(=O)C(=O)N1CCC(C(=O)Nc2ccc(F)c(Cl)c2F)C1. The van der Waals surface area contributed by atoms with Gasteiger partial charge in [0.15, 0.2) is 5.82 Å². The van der Waals surface area contributed by atoms with E-state index < -0.39 is 40.3 Å². The van der Waals surface area contributed by atoms with Crippen LogP contribution >= 0.6 is 11.6 Å². The molecule has 1 heterocycles. The number of likely N-dealkylation sites (tertiary alicyclic amines) is 1. The van der Waals surface area contributed by atoms with Crippen LogP contribution in [0.4, 0.5) is 14.5 Å². The average molecular weight is 374 g/mol. The van der Waals surface area contributed by atoms with Gasteiger partial charge in [0.25, 0.3) is 0 Å². The van der Waals surface area contributed by atoms with Crippen molar-refractivity contribution >= 4 is 35.0 Å². The summed E-state index contributed by atoms with van der Waals surface area (Å²) in [6.07, 6.45) is 0.336. The molecule has 9 heteroatoms. The number of hydrogen-bond acceptors (Lipinski definition) is 3. The zero-order valence-corrected chi connectivity index (χ0v) is 14.5. The molecule has 1 aliphatic heterocycles. The van der Waals surface area contributed by atoms with Gasteiger partial charge >= 0.3 is 11.8 Å². The molecule has 1 aromatic carbocycles. The van der Waals surface area contributed by atoms with Crippen molar-refractivity contribution in [2.24, 2.45) is 5.92 Å². The van der Waals surface area contributed by atoms with Crippen LogP contribution in [-0.2, 0) is 14.4 Å². The molecule has 1 atom stereocenters. The van der Waals surface area contributed by atoms with Crippen molar-refractivity contribution in [1.29, 1.82) is 0 Å². The molecule has 0 spiro atoms. The van der Waals surface area contributed by atoms with Gasteiger partial charge in [-0.3, -0.25) is 14.4 Å². The van der Waals surface area contributed by atoms with Gasteiger partial charge in [-0.05, 0) is 32.4 Å². The Kier molecular flexibility index (Phi) is 5.94. The summed E-state index contributed by atoms with van der Waals surface area (Å²) in [6, 6.07) is 1.84. The third kappa shape index (κ3) is 4.45. The molecule has 6 nitrogen and oxygen atoms in total. The molecule has 0 saturated carbocycles. The molecule has 0 aromatic heterocycles. The zero-order valence-electron chi connectivity index (χ0n) is 13.7. The minimum absolute atomic E-state index is 0.0483. The fourth-order valence-corrected chi connectivity index (χ4v) is 2.65. The van der Waals surface area contributed by atoms with Gasteiger partial charge in [-0.1, -0.05) is 11.6 Å². The highest BCUT2D eigenvalue weighted by atomic mass is 35.5. The lowest BCUT2D eigenvalue weighted by Gasteiger charge is -2.17. The van der Waals surface area contributed by atoms with E-state index in [0.29, 0.717) is 6.42 Å². The summed E-state index contributed by atoms with van der Waals surface area (Å²) < 4.78 is 27.0. The van der Waals surface area contributed by atoms with E-state index in [1.807, 2.05) is 0 Å². The highest BCUT2D eigenvalue weighted by Crippen LogP contribution is 2.26. The van der Waals surface area contributed by atoms with E-state index >= 15 is 0 Å². The smallest absolute Gasteiger partial charge is 0.311 e. The van der Waals surface area contributed by atoms with E-state index in [1.165, 1.54) is 4.90 Å². The fraction of sp³-hybridized carbons (Fsp3) is 0.438. The maximum Gasteiger partial charge on any atom is 0.311 e. The van der Waals surface area contributed by atoms with Gasteiger partial charge in [0.2, 0.25) is 5.91 Å². The molecule has 1 aliphatic rings. The second kappa shape index (κ2) is 7.77. The zero-order chi connectivity index (χ0) is 18.7. The number of anilines is 1. The van der Waals surface area contributed by atoms with Crippen molar-refractivity contribution in [3.63, 3.8) is 0 Å². The number of carbonyl (C=O) groups excluding carboxylic acids is 3. The van der Waals surface area contributed by atoms with Crippen LogP contribution < -0.4 is 10.6 Å². The molecule has 0 radical (unpaired) electrons. The normalized spacial score (nSPS) is 16.9. The van der Waals surface area contributed by atoms with Crippen LogP contribution in [-0.4, -0.2) is 41.8 Å². The molecule has 1 unspecified atom stereocenters. The molecular formula is C16H18ClF2N3O3. The standard InChI is InChI=1S/C16H18ClF2N3O3/c1-8(2)20-15(24)16(25)22-6-5-9(7-22)14(23)21-11-4-3-10(18)12(17)13(11)19/h3-4,8-9H,5-7H2,1-2H3,(H,20,24)(H,21,23). The topological polar surface area (TPSA) is 78.5 Å². The van der Waals surface area contributed by atoms with Crippen LogP contribution in [0.3, 0.4) is 0 Å². The summed E-state index contributed by atoms with van der Waals surface area (Å²) in [4.78, 5) is 37.2. The summed E-state index contributed by atoms with van der Waals surface area (Å²) in [5.74, 6) is -4.55. The monoisotopic (exact) mass is 373 g/mol. The first-order valence-electron chi connectivity index (χ1n) is 7.74. The summed E-state index contributed by atoms with van der Waals surface area (Å²) >= 11 is 5.47. The van der Waals surface area contributed by atoms with Gasteiger partial charge in [-0.2, -0.15) is 0 Å². The molecule has 1 aromatic rings. The van der Waals surface area contributed by atoms with Gasteiger partial charge in [-0.25, -0.2) is 8.78 Å². The van der Waals surface area contributed by atoms with Crippen molar-refractivity contribution in [3.05, 3.63) is 28.8 Å². The van der Waals surface area contributed by atoms with Crippen LogP contribution in [0.15, 0.2) is 12.1 Å². The van der Waals surface area contributed by atoms with Gasteiger partial charge < -0.3 is 15.5 Å². The quantitative estimate of drug-likeness (QED) is 0.627. The third-order valence-electron chi connectivity index (χ3n) is 3.75. The second-order valence-electron chi connectivity index (χ2n) is 6.08. The predicted molar refractivity (Wildman–Crippen MR) is 88.0 cm³/mol. The Balaban J connectivity index is 1.98. The minimum atomic E-state index is -1.06. The Morgan fingerprint density at radius 3 is 2.60 bits per heavy atom. The lowest BCUT2D eigenvalue weighted by molar-refractivity contribution is -0.145. The van der Waals surface area contributed by atoms with Gasteiger partial charge in [0, 0.05) is 19.1 Å². The average Bonchev–Trinajstić information content (AvgIpc) is 3.04. The van der Waals surface area contributed by atoms with Gasteiger partial charge in [-0.15, -0.1) is 0 Å². The van der Waals surface area contributed by atoms with Gasteiger partial charge in [0.1, 0.15) is 10.8 Å². The number of nitrogens with one attached hydrogen (secondary N) is 2. The molecule has 3 amide bonds. The Morgan fingerprint density at radius 2 is 1.96 bits per heavy atom. The Hall–Kier alpha value is -2.22. The maximum atomic E-state index is 13.8. The van der Waals surface area contributed by atoms with E-state index in [-0.39, 0.29) is 24.8 Å².